The van der Waals surface area contributed by atoms with Crippen molar-refractivity contribution in [2.75, 3.05) is 13.1 Å². The largest absolute Gasteiger partial charge is 0.339 e. The van der Waals surface area contributed by atoms with Crippen LogP contribution < -0.4 is 0 Å². The van der Waals surface area contributed by atoms with Gasteiger partial charge in [0, 0.05) is 31.0 Å². The molecule has 4 atom stereocenters. The zero-order valence-electron chi connectivity index (χ0n) is 22.1. The average Bonchev–Trinajstić information content (AvgIpc) is 2.79. The Morgan fingerprint density at radius 1 is 1.09 bits per heavy atom. The molecule has 0 aromatic carbocycles. The van der Waals surface area contributed by atoms with Gasteiger partial charge >= 0.3 is 0 Å². The second-order valence-electron chi connectivity index (χ2n) is 11.0. The highest BCUT2D eigenvalue weighted by molar-refractivity contribution is 6.00. The number of fused-ring (bicyclic) bond motifs is 1. The van der Waals surface area contributed by atoms with E-state index in [1.54, 1.807) is 0 Å². The lowest BCUT2D eigenvalue weighted by atomic mass is 9.78. The molecule has 5 heteroatoms. The summed E-state index contributed by atoms with van der Waals surface area (Å²) in [5.41, 5.74) is 5.19. The zero-order chi connectivity index (χ0) is 25.2. The first kappa shape index (κ1) is 25.8. The van der Waals surface area contributed by atoms with Crippen LogP contribution in [0.3, 0.4) is 0 Å². The number of carbonyl (C=O) groups excluding carboxylic acids is 2. The Morgan fingerprint density at radius 3 is 2.54 bits per heavy atom. The van der Waals surface area contributed by atoms with Crippen LogP contribution in [0.25, 0.3) is 0 Å². The molecule has 190 valence electrons. The molecule has 1 amide bonds. The Balaban J connectivity index is 1.65. The van der Waals surface area contributed by atoms with Gasteiger partial charge in [-0.1, -0.05) is 28.9 Å². The molecule has 3 aliphatic heterocycles. The number of hydrogen-bond donors (Lipinski definition) is 0. The molecule has 1 aliphatic carbocycles. The summed E-state index contributed by atoms with van der Waals surface area (Å²) in [4.78, 5) is 28.2. The van der Waals surface area contributed by atoms with E-state index in [-0.39, 0.29) is 29.8 Å². The standard InChI is InChI=1S/C30H41NO4/c1-20(2)10-9-11-21(3)14-24-15-22(4)18-30(34-24)19-26(29(33)31-12-7-6-8-13-31)25-17-27(32)23(5)16-28(25)35-30/h10,14,16,18-19,24-25,28H,6-9,11-13,15,17H2,1-5H3/t24-,25-,28-,30+/m1/s1. The third kappa shape index (κ3) is 6.13. The molecule has 4 aliphatic rings. The normalized spacial score (nSPS) is 31.4. The lowest BCUT2D eigenvalue weighted by Gasteiger charge is -2.46. The first-order valence-corrected chi connectivity index (χ1v) is 13.2. The van der Waals surface area contributed by atoms with Crippen LogP contribution in [0.1, 0.15) is 79.6 Å². The highest BCUT2D eigenvalue weighted by atomic mass is 16.7. The lowest BCUT2D eigenvalue weighted by molar-refractivity contribution is -0.224. The number of nitrogens with zero attached hydrogens (tertiary/aromatic N) is 1. The maximum atomic E-state index is 13.7. The van der Waals surface area contributed by atoms with Crippen LogP contribution in [0.5, 0.6) is 0 Å². The molecular formula is C30H41NO4. The number of ketones is 1. The van der Waals surface area contributed by atoms with E-state index in [9.17, 15) is 9.59 Å². The van der Waals surface area contributed by atoms with Gasteiger partial charge in [-0.3, -0.25) is 9.59 Å². The average molecular weight is 480 g/mol. The van der Waals surface area contributed by atoms with Crippen molar-refractivity contribution in [2.45, 2.75) is 97.6 Å². The third-order valence-corrected chi connectivity index (χ3v) is 7.49. The number of rotatable bonds is 5. The number of likely N-dealkylation sites (tertiary alicyclic amines) is 1. The van der Waals surface area contributed by atoms with Gasteiger partial charge in [0.05, 0.1) is 12.2 Å². The van der Waals surface area contributed by atoms with Crippen LogP contribution in [0.4, 0.5) is 0 Å². The highest BCUT2D eigenvalue weighted by Crippen LogP contribution is 2.43. The Kier molecular flexibility index (Phi) is 7.97. The van der Waals surface area contributed by atoms with Gasteiger partial charge < -0.3 is 14.4 Å². The van der Waals surface area contributed by atoms with Gasteiger partial charge in [-0.25, -0.2) is 0 Å². The number of carbonyl (C=O) groups is 2. The molecule has 0 N–H and O–H groups in total. The molecule has 0 saturated carbocycles. The fraction of sp³-hybridized carbons (Fsp3) is 0.600. The minimum atomic E-state index is -1.09. The summed E-state index contributed by atoms with van der Waals surface area (Å²) >= 11 is 0. The first-order chi connectivity index (χ1) is 16.7. The van der Waals surface area contributed by atoms with Gasteiger partial charge in [0.2, 0.25) is 11.7 Å². The van der Waals surface area contributed by atoms with Crippen molar-refractivity contribution >= 4 is 11.7 Å². The van der Waals surface area contributed by atoms with E-state index in [0.717, 1.165) is 51.6 Å². The number of piperidine rings is 1. The van der Waals surface area contributed by atoms with E-state index in [4.69, 9.17) is 9.47 Å². The van der Waals surface area contributed by atoms with Crippen molar-refractivity contribution in [2.24, 2.45) is 5.92 Å². The third-order valence-electron chi connectivity index (χ3n) is 7.49. The van der Waals surface area contributed by atoms with Crippen molar-refractivity contribution in [3.63, 3.8) is 0 Å². The smallest absolute Gasteiger partial charge is 0.250 e. The summed E-state index contributed by atoms with van der Waals surface area (Å²) in [6.07, 6.45) is 16.1. The zero-order valence-corrected chi connectivity index (χ0v) is 22.1. The van der Waals surface area contributed by atoms with Gasteiger partial charge in [-0.2, -0.15) is 0 Å². The summed E-state index contributed by atoms with van der Waals surface area (Å²) in [5, 5.41) is 0. The molecule has 1 saturated heterocycles. The van der Waals surface area contributed by atoms with Crippen LogP contribution in [-0.4, -0.2) is 47.7 Å². The molecule has 3 heterocycles. The van der Waals surface area contributed by atoms with Crippen LogP contribution in [0.2, 0.25) is 0 Å². The molecule has 5 nitrogen and oxygen atoms in total. The van der Waals surface area contributed by atoms with Crippen molar-refractivity contribution in [3.05, 3.63) is 58.2 Å². The number of Topliss-reactive ketones (excluding diaryl/α,β-unsaturated/α-hetero) is 1. The van der Waals surface area contributed by atoms with E-state index in [0.29, 0.717) is 17.6 Å². The molecule has 0 bridgehead atoms. The minimum Gasteiger partial charge on any atom is -0.339 e. The summed E-state index contributed by atoms with van der Waals surface area (Å²) < 4.78 is 13.2. The van der Waals surface area contributed by atoms with Gasteiger partial charge in [0.25, 0.3) is 0 Å². The van der Waals surface area contributed by atoms with Crippen molar-refractivity contribution < 1.29 is 19.1 Å². The van der Waals surface area contributed by atoms with E-state index in [1.807, 2.05) is 30.1 Å². The number of hydrogen-bond acceptors (Lipinski definition) is 4. The quantitative estimate of drug-likeness (QED) is 0.455. The highest BCUT2D eigenvalue weighted by Gasteiger charge is 2.48. The number of allylic oxidation sites excluding steroid dienone is 4. The molecule has 35 heavy (non-hydrogen) atoms. The van der Waals surface area contributed by atoms with E-state index < -0.39 is 5.79 Å². The molecule has 4 rings (SSSR count). The van der Waals surface area contributed by atoms with E-state index in [1.165, 1.54) is 16.7 Å². The second kappa shape index (κ2) is 10.8. The Morgan fingerprint density at radius 2 is 1.83 bits per heavy atom. The first-order valence-electron chi connectivity index (χ1n) is 13.2. The SMILES string of the molecule is CC(C)=CCCC(C)=C[C@@H]1CC(C)=C[C@]2(C=C(C(=O)N3CCCCC3)[C@H]3CC(=O)C(C)=C[C@H]3O2)O1. The molecule has 1 fully saturated rings. The second-order valence-corrected chi connectivity index (χ2v) is 11.0. The molecule has 0 radical (unpaired) electrons. The number of amides is 1. The summed E-state index contributed by atoms with van der Waals surface area (Å²) in [6.45, 7) is 11.9. The van der Waals surface area contributed by atoms with Gasteiger partial charge in [-0.15, -0.1) is 0 Å². The van der Waals surface area contributed by atoms with Crippen LogP contribution >= 0.6 is 0 Å². The van der Waals surface area contributed by atoms with Crippen molar-refractivity contribution in [1.82, 2.24) is 4.90 Å². The van der Waals surface area contributed by atoms with Gasteiger partial charge in [0.15, 0.2) is 5.78 Å². The van der Waals surface area contributed by atoms with E-state index >= 15 is 0 Å². The summed E-state index contributed by atoms with van der Waals surface area (Å²) in [5.74, 6) is -1.23. The fourth-order valence-electron chi connectivity index (χ4n) is 5.66. The molecule has 0 aromatic heterocycles. The number of ether oxygens (including phenoxy) is 2. The Bertz CT molecular complexity index is 1000. The van der Waals surface area contributed by atoms with Crippen molar-refractivity contribution in [3.8, 4) is 0 Å². The maximum Gasteiger partial charge on any atom is 0.250 e. The van der Waals surface area contributed by atoms with Gasteiger partial charge in [-0.05, 0) is 96.9 Å². The molecular weight excluding hydrogens is 438 g/mol. The topological polar surface area (TPSA) is 55.8 Å². The molecule has 0 aromatic rings. The predicted molar refractivity (Wildman–Crippen MR) is 139 cm³/mol. The Labute approximate surface area is 210 Å². The predicted octanol–water partition coefficient (Wildman–Crippen LogP) is 5.98. The summed E-state index contributed by atoms with van der Waals surface area (Å²) in [7, 11) is 0. The molecule has 1 spiro atoms. The van der Waals surface area contributed by atoms with Crippen molar-refractivity contribution in [1.29, 1.82) is 0 Å². The molecule has 0 unspecified atom stereocenters. The van der Waals surface area contributed by atoms with E-state index in [2.05, 4.69) is 39.8 Å². The maximum absolute atomic E-state index is 13.7. The van der Waals surface area contributed by atoms with Crippen LogP contribution in [0.15, 0.2) is 58.2 Å². The monoisotopic (exact) mass is 479 g/mol. The van der Waals surface area contributed by atoms with Crippen LogP contribution in [-0.2, 0) is 19.1 Å². The Hall–Kier alpha value is -2.24. The summed E-state index contributed by atoms with van der Waals surface area (Å²) in [6, 6.07) is 0. The van der Waals surface area contributed by atoms with Crippen LogP contribution in [0, 0.1) is 5.92 Å². The minimum absolute atomic E-state index is 0.0355. The fourth-order valence-corrected chi connectivity index (χ4v) is 5.66. The van der Waals surface area contributed by atoms with Gasteiger partial charge in [0.1, 0.15) is 0 Å². The lowest BCUT2D eigenvalue weighted by Crippen LogP contribution is -2.51.